The highest BCUT2D eigenvalue weighted by Crippen LogP contribution is 2.34. The van der Waals surface area contributed by atoms with Gasteiger partial charge in [0.05, 0.1) is 38.0 Å². The molecule has 2 atom stereocenters. The van der Waals surface area contributed by atoms with Crippen LogP contribution in [0, 0.1) is 0 Å². The number of nitrogens with zero attached hydrogens (tertiary/aromatic N) is 3. The van der Waals surface area contributed by atoms with Crippen LogP contribution in [-0.2, 0) is 28.9 Å². The second-order valence-corrected chi connectivity index (χ2v) is 9.74. The Morgan fingerprint density at radius 3 is 2.69 bits per heavy atom. The quantitative estimate of drug-likeness (QED) is 0.519. The molecule has 1 fully saturated rings. The Hall–Kier alpha value is -3.83. The number of nitrogens with one attached hydrogen (secondary N) is 1. The summed E-state index contributed by atoms with van der Waals surface area (Å²) in [4.78, 5) is 20.7. The highest BCUT2D eigenvalue weighted by molar-refractivity contribution is 5.78. The fourth-order valence-electron chi connectivity index (χ4n) is 4.83. The van der Waals surface area contributed by atoms with Crippen molar-refractivity contribution in [3.05, 3.63) is 77.5 Å². The van der Waals surface area contributed by atoms with Crippen molar-refractivity contribution < 1.29 is 32.2 Å². The van der Waals surface area contributed by atoms with Crippen LogP contribution in [0.3, 0.4) is 0 Å². The molecule has 1 saturated heterocycles. The van der Waals surface area contributed by atoms with Gasteiger partial charge < -0.3 is 24.4 Å². The molecular weight excluding hydrogens is 513 g/mol. The average molecular weight is 543 g/mol. The molecule has 1 aromatic heterocycles. The van der Waals surface area contributed by atoms with Crippen molar-refractivity contribution in [1.82, 2.24) is 15.2 Å². The van der Waals surface area contributed by atoms with E-state index in [1.165, 1.54) is 0 Å². The predicted molar refractivity (Wildman–Crippen MR) is 138 cm³/mol. The van der Waals surface area contributed by atoms with Crippen LogP contribution in [0.25, 0.3) is 0 Å². The van der Waals surface area contributed by atoms with Crippen molar-refractivity contribution in [2.45, 2.75) is 31.5 Å². The van der Waals surface area contributed by atoms with E-state index in [2.05, 4.69) is 10.3 Å². The van der Waals surface area contributed by atoms with E-state index in [4.69, 9.17) is 14.2 Å². The minimum Gasteiger partial charge on any atom is -0.493 e. The molecule has 206 valence electrons. The van der Waals surface area contributed by atoms with Gasteiger partial charge in [-0.25, -0.2) is 4.98 Å². The number of pyridine rings is 1. The zero-order valence-corrected chi connectivity index (χ0v) is 21.6. The third kappa shape index (κ3) is 6.43. The molecule has 1 amide bonds. The summed E-state index contributed by atoms with van der Waals surface area (Å²) in [5.41, 5.74) is 1.00. The first-order chi connectivity index (χ1) is 18.7. The number of alkyl halides is 3. The summed E-state index contributed by atoms with van der Waals surface area (Å²) in [5, 5.41) is 3.03. The minimum atomic E-state index is -4.48. The Morgan fingerprint density at radius 1 is 1.05 bits per heavy atom. The van der Waals surface area contributed by atoms with Gasteiger partial charge in [-0.2, -0.15) is 13.2 Å². The molecule has 0 spiro atoms. The molecule has 3 heterocycles. The van der Waals surface area contributed by atoms with Crippen molar-refractivity contribution in [2.24, 2.45) is 0 Å². The standard InChI is InChI=1S/C28H29F3N4O4/c1-34-13-18-6-7-23(37-2)24(11-18)39-21-5-3-4-19(10-21)17-38-25-15-35(14-22(25)33-27(36)16-34)26-12-20(8-9-32-26)28(29,30)31/h3-12,22,25H,13-17H2,1-2H3,(H,33,36)/t22-,25-/m0/s1. The Bertz CT molecular complexity index is 1340. The largest absolute Gasteiger partial charge is 0.493 e. The number of amides is 1. The Kier molecular flexibility index (Phi) is 7.62. The molecule has 0 aliphatic carbocycles. The summed E-state index contributed by atoms with van der Waals surface area (Å²) >= 11 is 0. The summed E-state index contributed by atoms with van der Waals surface area (Å²) in [6.07, 6.45) is -3.81. The Labute approximate surface area is 224 Å². The number of aromatic nitrogens is 1. The smallest absolute Gasteiger partial charge is 0.416 e. The maximum Gasteiger partial charge on any atom is 0.416 e. The number of hydrogen-bond acceptors (Lipinski definition) is 7. The number of anilines is 1. The third-order valence-electron chi connectivity index (χ3n) is 6.69. The van der Waals surface area contributed by atoms with Crippen LogP contribution >= 0.6 is 0 Å². The number of hydrogen-bond donors (Lipinski definition) is 1. The summed E-state index contributed by atoms with van der Waals surface area (Å²) in [6.45, 7) is 1.35. The van der Waals surface area contributed by atoms with E-state index >= 15 is 0 Å². The maximum absolute atomic E-state index is 13.3. The van der Waals surface area contributed by atoms with E-state index in [1.807, 2.05) is 54.4 Å². The van der Waals surface area contributed by atoms with Crippen molar-refractivity contribution in [3.63, 3.8) is 0 Å². The lowest BCUT2D eigenvalue weighted by Gasteiger charge is -2.23. The summed E-state index contributed by atoms with van der Waals surface area (Å²) in [5.74, 6) is 1.71. The van der Waals surface area contributed by atoms with Crippen LogP contribution in [0.15, 0.2) is 60.8 Å². The lowest BCUT2D eigenvalue weighted by Crippen LogP contribution is -2.47. The van der Waals surface area contributed by atoms with Crippen LogP contribution in [0.1, 0.15) is 16.7 Å². The summed E-state index contributed by atoms with van der Waals surface area (Å²) < 4.78 is 57.7. The fourth-order valence-corrected chi connectivity index (χ4v) is 4.83. The van der Waals surface area contributed by atoms with Gasteiger partial charge in [0.15, 0.2) is 11.5 Å². The van der Waals surface area contributed by atoms with Gasteiger partial charge >= 0.3 is 6.18 Å². The van der Waals surface area contributed by atoms with E-state index in [1.54, 1.807) is 12.0 Å². The van der Waals surface area contributed by atoms with Gasteiger partial charge in [-0.1, -0.05) is 18.2 Å². The van der Waals surface area contributed by atoms with Gasteiger partial charge in [-0.15, -0.1) is 0 Å². The Balaban J connectivity index is 1.42. The third-order valence-corrected chi connectivity index (χ3v) is 6.69. The van der Waals surface area contributed by atoms with Gasteiger partial charge in [0, 0.05) is 25.8 Å². The van der Waals surface area contributed by atoms with E-state index < -0.39 is 23.9 Å². The molecule has 2 aromatic carbocycles. The van der Waals surface area contributed by atoms with Gasteiger partial charge in [0.1, 0.15) is 11.6 Å². The molecule has 39 heavy (non-hydrogen) atoms. The number of rotatable bonds is 2. The first-order valence-corrected chi connectivity index (χ1v) is 12.5. The van der Waals surface area contributed by atoms with Crippen LogP contribution in [0.5, 0.6) is 17.2 Å². The van der Waals surface area contributed by atoms with Gasteiger partial charge in [-0.05, 0) is 54.6 Å². The second kappa shape index (κ2) is 11.1. The van der Waals surface area contributed by atoms with Crippen LogP contribution in [-0.4, -0.2) is 61.7 Å². The highest BCUT2D eigenvalue weighted by atomic mass is 19.4. The number of halogens is 3. The lowest BCUT2D eigenvalue weighted by molar-refractivity contribution is -0.137. The summed E-state index contributed by atoms with van der Waals surface area (Å²) in [6, 6.07) is 14.6. The second-order valence-electron chi connectivity index (χ2n) is 9.74. The molecule has 0 unspecified atom stereocenters. The molecule has 2 aliphatic heterocycles. The number of fused-ring (bicyclic) bond motifs is 5. The lowest BCUT2D eigenvalue weighted by atomic mass is 10.1. The molecule has 8 nitrogen and oxygen atoms in total. The van der Waals surface area contributed by atoms with Crippen LogP contribution in [0.4, 0.5) is 19.0 Å². The van der Waals surface area contributed by atoms with Crippen molar-refractivity contribution >= 4 is 11.7 Å². The van der Waals surface area contributed by atoms with E-state index in [9.17, 15) is 18.0 Å². The molecule has 0 saturated carbocycles. The van der Waals surface area contributed by atoms with E-state index in [0.29, 0.717) is 23.8 Å². The van der Waals surface area contributed by atoms with Crippen molar-refractivity contribution in [2.75, 3.05) is 38.7 Å². The first kappa shape index (κ1) is 26.8. The van der Waals surface area contributed by atoms with Crippen LogP contribution in [0.2, 0.25) is 0 Å². The number of carbonyl (C=O) groups is 1. The number of carbonyl (C=O) groups excluding carboxylic acids is 1. The normalized spacial score (nSPS) is 20.6. The van der Waals surface area contributed by atoms with E-state index in [0.717, 1.165) is 29.5 Å². The van der Waals surface area contributed by atoms with Gasteiger partial charge in [-0.3, -0.25) is 9.69 Å². The van der Waals surface area contributed by atoms with Crippen LogP contribution < -0.4 is 19.7 Å². The zero-order chi connectivity index (χ0) is 27.6. The molecule has 3 aromatic rings. The van der Waals surface area contributed by atoms with Crippen molar-refractivity contribution in [3.8, 4) is 17.2 Å². The summed E-state index contributed by atoms with van der Waals surface area (Å²) in [7, 11) is 3.41. The molecule has 11 heteroatoms. The first-order valence-electron chi connectivity index (χ1n) is 12.5. The molecule has 1 N–H and O–H groups in total. The van der Waals surface area contributed by atoms with Gasteiger partial charge in [0.2, 0.25) is 5.91 Å². The average Bonchev–Trinajstić information content (AvgIpc) is 3.29. The molecule has 5 rings (SSSR count). The predicted octanol–water partition coefficient (Wildman–Crippen LogP) is 4.24. The monoisotopic (exact) mass is 542 g/mol. The number of benzene rings is 2. The van der Waals surface area contributed by atoms with Crippen molar-refractivity contribution in [1.29, 1.82) is 0 Å². The maximum atomic E-state index is 13.3. The number of likely N-dealkylation sites (N-methyl/N-ethyl adjacent to an activating group) is 1. The molecule has 0 radical (unpaired) electrons. The minimum absolute atomic E-state index is 0.117. The topological polar surface area (TPSA) is 76.2 Å². The number of methoxy groups -OCH3 is 1. The Morgan fingerprint density at radius 2 is 1.90 bits per heavy atom. The number of ether oxygens (including phenoxy) is 3. The fraction of sp³-hybridized carbons (Fsp3) is 0.357. The highest BCUT2D eigenvalue weighted by Gasteiger charge is 2.37. The molecule has 2 aliphatic rings. The zero-order valence-electron chi connectivity index (χ0n) is 21.6. The SMILES string of the molecule is COc1ccc2cc1Oc1cccc(c1)CO[C@H]1CN(c3cc(C(F)(F)F)ccn3)C[C@@H]1NC(=O)CN(C)C2. The van der Waals surface area contributed by atoms with Gasteiger partial charge in [0.25, 0.3) is 0 Å². The molecular formula is C28H29F3N4O4. The van der Waals surface area contributed by atoms with E-state index in [-0.39, 0.29) is 38.0 Å². The molecule has 4 bridgehead atoms.